The predicted octanol–water partition coefficient (Wildman–Crippen LogP) is 1.36. The number of pyridine rings is 1. The molecule has 0 spiro atoms. The minimum absolute atomic E-state index is 0.0516. The van der Waals surface area contributed by atoms with Crippen LogP contribution >= 0.6 is 0 Å². The fourth-order valence-corrected chi connectivity index (χ4v) is 3.38. The zero-order valence-electron chi connectivity index (χ0n) is 16.2. The number of rotatable bonds is 7. The van der Waals surface area contributed by atoms with Gasteiger partial charge in [-0.3, -0.25) is 14.3 Å². The number of hydrogen-bond donors (Lipinski definition) is 1. The predicted molar refractivity (Wildman–Crippen MR) is 101 cm³/mol. The molecule has 1 N–H and O–H groups in total. The molecule has 1 fully saturated rings. The minimum Gasteiger partial charge on any atom is -0.376 e. The van der Waals surface area contributed by atoms with Crippen LogP contribution in [0.3, 0.4) is 0 Å². The van der Waals surface area contributed by atoms with Gasteiger partial charge in [0.05, 0.1) is 12.6 Å². The van der Waals surface area contributed by atoms with Gasteiger partial charge in [0.15, 0.2) is 0 Å². The number of ether oxygens (including phenoxy) is 1. The molecule has 27 heavy (non-hydrogen) atoms. The number of nitrogens with zero attached hydrogens (tertiary/aromatic N) is 4. The largest absolute Gasteiger partial charge is 0.376 e. The van der Waals surface area contributed by atoms with Crippen molar-refractivity contribution in [2.75, 3.05) is 13.2 Å². The highest BCUT2D eigenvalue weighted by Crippen LogP contribution is 2.13. The van der Waals surface area contributed by atoms with Crippen LogP contribution in [0, 0.1) is 20.8 Å². The third-order valence-electron chi connectivity index (χ3n) is 4.82. The van der Waals surface area contributed by atoms with Crippen LogP contribution in [0.2, 0.25) is 0 Å². The normalized spacial score (nSPS) is 16.6. The van der Waals surface area contributed by atoms with Crippen molar-refractivity contribution in [3.05, 3.63) is 45.4 Å². The molecule has 8 heteroatoms. The van der Waals surface area contributed by atoms with E-state index in [1.54, 1.807) is 17.7 Å². The Labute approximate surface area is 158 Å². The van der Waals surface area contributed by atoms with Gasteiger partial charge in [0.2, 0.25) is 0 Å². The van der Waals surface area contributed by atoms with Crippen molar-refractivity contribution >= 4 is 5.91 Å². The summed E-state index contributed by atoms with van der Waals surface area (Å²) in [4.78, 5) is 29.6. The first-order chi connectivity index (χ1) is 13.0. The van der Waals surface area contributed by atoms with E-state index in [-0.39, 0.29) is 23.1 Å². The second-order valence-corrected chi connectivity index (χ2v) is 7.01. The number of carbonyl (C=O) groups is 1. The standard InChI is InChI=1S/C19H27N5O3/c1-13-7-10-23(12-16-6-4-11-27-16)19(26)17(13)18(25)20-8-5-9-24-15(3)21-14(2)22-24/h7,10,16H,4-6,8-9,11-12H2,1-3H3,(H,20,25). The highest BCUT2D eigenvalue weighted by molar-refractivity contribution is 5.95. The van der Waals surface area contributed by atoms with Crippen LogP contribution in [0.25, 0.3) is 0 Å². The number of carbonyl (C=O) groups excluding carboxylic acids is 1. The van der Waals surface area contributed by atoms with Crippen molar-refractivity contribution < 1.29 is 9.53 Å². The maximum atomic E-state index is 12.7. The minimum atomic E-state index is -0.328. The first-order valence-corrected chi connectivity index (χ1v) is 9.43. The number of nitrogens with one attached hydrogen (secondary N) is 1. The van der Waals surface area contributed by atoms with Crippen molar-refractivity contribution in [3.8, 4) is 0 Å². The van der Waals surface area contributed by atoms with Crippen LogP contribution in [0.1, 0.15) is 46.8 Å². The zero-order valence-corrected chi connectivity index (χ0v) is 16.2. The molecule has 3 heterocycles. The molecule has 3 rings (SSSR count). The summed E-state index contributed by atoms with van der Waals surface area (Å²) in [5.41, 5.74) is 0.637. The first kappa shape index (κ1) is 19.3. The van der Waals surface area contributed by atoms with Crippen LogP contribution in [0.5, 0.6) is 0 Å². The highest BCUT2D eigenvalue weighted by Gasteiger charge is 2.20. The van der Waals surface area contributed by atoms with Crippen molar-refractivity contribution in [2.45, 2.75) is 59.2 Å². The fraction of sp³-hybridized carbons (Fsp3) is 0.579. The van der Waals surface area contributed by atoms with Crippen molar-refractivity contribution in [3.63, 3.8) is 0 Å². The summed E-state index contributed by atoms with van der Waals surface area (Å²) in [6.45, 7) is 7.91. The van der Waals surface area contributed by atoms with Gasteiger partial charge in [-0.25, -0.2) is 4.98 Å². The SMILES string of the molecule is Cc1nc(C)n(CCCNC(=O)c2c(C)ccn(CC3CCCO3)c2=O)n1. The van der Waals surface area contributed by atoms with Crippen LogP contribution in [0.15, 0.2) is 17.1 Å². The van der Waals surface area contributed by atoms with E-state index in [0.717, 1.165) is 31.1 Å². The van der Waals surface area contributed by atoms with Gasteiger partial charge >= 0.3 is 0 Å². The van der Waals surface area contributed by atoms with Crippen molar-refractivity contribution in [1.82, 2.24) is 24.6 Å². The Kier molecular flexibility index (Phi) is 6.05. The highest BCUT2D eigenvalue weighted by atomic mass is 16.5. The average Bonchev–Trinajstić information content (AvgIpc) is 3.24. The summed E-state index contributed by atoms with van der Waals surface area (Å²) in [6, 6.07) is 1.81. The van der Waals surface area contributed by atoms with Gasteiger partial charge in [-0.15, -0.1) is 0 Å². The fourth-order valence-electron chi connectivity index (χ4n) is 3.38. The van der Waals surface area contributed by atoms with Crippen LogP contribution in [-0.2, 0) is 17.8 Å². The molecule has 2 aromatic rings. The smallest absolute Gasteiger partial charge is 0.263 e. The molecule has 0 aliphatic carbocycles. The molecular weight excluding hydrogens is 346 g/mol. The molecule has 0 saturated carbocycles. The van der Waals surface area contributed by atoms with Gasteiger partial charge in [-0.2, -0.15) is 5.10 Å². The van der Waals surface area contributed by atoms with E-state index in [4.69, 9.17) is 4.74 Å². The van der Waals surface area contributed by atoms with Gasteiger partial charge in [0.25, 0.3) is 11.5 Å². The van der Waals surface area contributed by atoms with E-state index in [1.807, 2.05) is 24.6 Å². The molecule has 1 aliphatic heterocycles. The number of amides is 1. The number of aryl methyl sites for hydroxylation is 4. The lowest BCUT2D eigenvalue weighted by Crippen LogP contribution is -2.36. The molecule has 0 radical (unpaired) electrons. The van der Waals surface area contributed by atoms with Crippen LogP contribution < -0.4 is 10.9 Å². The maximum absolute atomic E-state index is 12.7. The molecule has 8 nitrogen and oxygen atoms in total. The Morgan fingerprint density at radius 3 is 2.85 bits per heavy atom. The molecule has 1 amide bonds. The van der Waals surface area contributed by atoms with E-state index in [0.29, 0.717) is 31.6 Å². The Morgan fingerprint density at radius 2 is 2.19 bits per heavy atom. The van der Waals surface area contributed by atoms with Gasteiger partial charge in [-0.1, -0.05) is 0 Å². The topological polar surface area (TPSA) is 91.0 Å². The van der Waals surface area contributed by atoms with Gasteiger partial charge < -0.3 is 14.6 Å². The summed E-state index contributed by atoms with van der Waals surface area (Å²) in [7, 11) is 0. The molecular formula is C19H27N5O3. The monoisotopic (exact) mass is 373 g/mol. The summed E-state index contributed by atoms with van der Waals surface area (Å²) in [6.07, 6.45) is 4.47. The molecule has 1 saturated heterocycles. The molecule has 0 aromatic carbocycles. The summed E-state index contributed by atoms with van der Waals surface area (Å²) in [5.74, 6) is 1.27. The quantitative estimate of drug-likeness (QED) is 0.740. The lowest BCUT2D eigenvalue weighted by molar-refractivity contribution is 0.0929. The third kappa shape index (κ3) is 4.63. The van der Waals surface area contributed by atoms with E-state index >= 15 is 0 Å². The summed E-state index contributed by atoms with van der Waals surface area (Å²) < 4.78 is 9.01. The Hall–Kier alpha value is -2.48. The van der Waals surface area contributed by atoms with Crippen molar-refractivity contribution in [2.24, 2.45) is 0 Å². The Morgan fingerprint density at radius 1 is 1.37 bits per heavy atom. The Bertz CT molecular complexity index is 865. The van der Waals surface area contributed by atoms with E-state index in [2.05, 4.69) is 15.4 Å². The number of hydrogen-bond acceptors (Lipinski definition) is 5. The van der Waals surface area contributed by atoms with Gasteiger partial charge in [0.1, 0.15) is 17.2 Å². The second kappa shape index (κ2) is 8.47. The molecule has 1 unspecified atom stereocenters. The zero-order chi connectivity index (χ0) is 19.4. The second-order valence-electron chi connectivity index (χ2n) is 7.01. The molecule has 1 atom stereocenters. The summed E-state index contributed by atoms with van der Waals surface area (Å²) >= 11 is 0. The maximum Gasteiger partial charge on any atom is 0.263 e. The average molecular weight is 373 g/mol. The molecule has 2 aromatic heterocycles. The first-order valence-electron chi connectivity index (χ1n) is 9.43. The van der Waals surface area contributed by atoms with E-state index in [9.17, 15) is 9.59 Å². The third-order valence-corrected chi connectivity index (χ3v) is 4.82. The van der Waals surface area contributed by atoms with Gasteiger partial charge in [-0.05, 0) is 51.7 Å². The molecule has 146 valence electrons. The van der Waals surface area contributed by atoms with Crippen molar-refractivity contribution in [1.29, 1.82) is 0 Å². The molecule has 0 bridgehead atoms. The van der Waals surface area contributed by atoms with Crippen LogP contribution in [-0.4, -0.2) is 44.5 Å². The van der Waals surface area contributed by atoms with E-state index in [1.165, 1.54) is 0 Å². The lowest BCUT2D eigenvalue weighted by atomic mass is 10.1. The van der Waals surface area contributed by atoms with Gasteiger partial charge in [0, 0.05) is 25.9 Å². The number of aromatic nitrogens is 4. The Balaban J connectivity index is 1.60. The van der Waals surface area contributed by atoms with Crippen LogP contribution in [0.4, 0.5) is 0 Å². The summed E-state index contributed by atoms with van der Waals surface area (Å²) in [5, 5.41) is 7.15. The lowest BCUT2D eigenvalue weighted by Gasteiger charge is -2.14. The molecule has 1 aliphatic rings. The van der Waals surface area contributed by atoms with E-state index < -0.39 is 0 Å².